The van der Waals surface area contributed by atoms with Crippen LogP contribution in [0.25, 0.3) is 0 Å². The van der Waals surface area contributed by atoms with E-state index in [1.165, 1.54) is 0 Å². The van der Waals surface area contributed by atoms with E-state index in [0.29, 0.717) is 24.6 Å². The van der Waals surface area contributed by atoms with Crippen molar-refractivity contribution in [1.82, 2.24) is 10.6 Å². The van der Waals surface area contributed by atoms with Crippen LogP contribution in [0, 0.1) is 0 Å². The number of amides is 3. The second-order valence-electron chi connectivity index (χ2n) is 4.44. The molecule has 0 saturated carbocycles. The highest BCUT2D eigenvalue weighted by molar-refractivity contribution is 5.93. The van der Waals surface area contributed by atoms with E-state index in [2.05, 4.69) is 16.0 Å². The van der Waals surface area contributed by atoms with Crippen molar-refractivity contribution in [3.05, 3.63) is 24.3 Å². The number of unbranched alkanes of at least 4 members (excludes halogenated alkanes) is 1. The molecule has 0 atom stereocenters. The summed E-state index contributed by atoms with van der Waals surface area (Å²) in [7, 11) is 0. The molecule has 0 aliphatic rings. The third-order valence-corrected chi connectivity index (χ3v) is 2.70. The fraction of sp³-hybridized carbons (Fsp3) is 0.467. The number of benzene rings is 1. The zero-order chi connectivity index (χ0) is 15.5. The molecular weight excluding hydrogens is 270 g/mol. The molecule has 116 valence electrons. The van der Waals surface area contributed by atoms with Crippen LogP contribution in [0.2, 0.25) is 0 Å². The number of ether oxygens (including phenoxy) is 1. The lowest BCUT2D eigenvalue weighted by atomic mass is 10.3. The van der Waals surface area contributed by atoms with Gasteiger partial charge < -0.3 is 20.7 Å². The standard InChI is InChI=1S/C15H23N3O3/c1-3-5-10-16-14(19)11-17-15(20)18-12-8-6-7-9-13(12)21-4-2/h6-9H,3-5,10-11H2,1-2H3,(H,16,19)(H2,17,18,20). The van der Waals surface area contributed by atoms with Gasteiger partial charge in [0.15, 0.2) is 0 Å². The Morgan fingerprint density at radius 1 is 1.14 bits per heavy atom. The van der Waals surface area contributed by atoms with Crippen molar-refractivity contribution in [3.8, 4) is 5.75 Å². The predicted molar refractivity (Wildman–Crippen MR) is 82.6 cm³/mol. The third kappa shape index (κ3) is 6.65. The zero-order valence-corrected chi connectivity index (χ0v) is 12.6. The van der Waals surface area contributed by atoms with Crippen molar-refractivity contribution in [1.29, 1.82) is 0 Å². The van der Waals surface area contributed by atoms with Crippen LogP contribution in [-0.4, -0.2) is 31.6 Å². The van der Waals surface area contributed by atoms with Crippen molar-refractivity contribution < 1.29 is 14.3 Å². The summed E-state index contributed by atoms with van der Waals surface area (Å²) in [6.07, 6.45) is 1.95. The minimum absolute atomic E-state index is 0.0493. The van der Waals surface area contributed by atoms with Gasteiger partial charge in [0.25, 0.3) is 0 Å². The summed E-state index contributed by atoms with van der Waals surface area (Å²) < 4.78 is 5.41. The Balaban J connectivity index is 2.38. The summed E-state index contributed by atoms with van der Waals surface area (Å²) in [6, 6.07) is 6.71. The Morgan fingerprint density at radius 2 is 1.90 bits per heavy atom. The SMILES string of the molecule is CCCCNC(=O)CNC(=O)Nc1ccccc1OCC. The molecule has 0 bridgehead atoms. The number of hydrogen-bond donors (Lipinski definition) is 3. The van der Waals surface area contributed by atoms with Gasteiger partial charge in [-0.05, 0) is 25.5 Å². The molecule has 6 heteroatoms. The Bertz CT molecular complexity index is 463. The maximum atomic E-state index is 11.7. The number of nitrogens with one attached hydrogen (secondary N) is 3. The zero-order valence-electron chi connectivity index (χ0n) is 12.6. The van der Waals surface area contributed by atoms with Gasteiger partial charge in [0, 0.05) is 6.54 Å². The quantitative estimate of drug-likeness (QED) is 0.642. The molecule has 0 aliphatic heterocycles. The van der Waals surface area contributed by atoms with Crippen LogP contribution >= 0.6 is 0 Å². The average Bonchev–Trinajstić information content (AvgIpc) is 2.48. The van der Waals surface area contributed by atoms with E-state index in [-0.39, 0.29) is 12.5 Å². The summed E-state index contributed by atoms with van der Waals surface area (Å²) >= 11 is 0. The molecule has 1 aromatic rings. The monoisotopic (exact) mass is 293 g/mol. The van der Waals surface area contributed by atoms with Crippen LogP contribution in [-0.2, 0) is 4.79 Å². The fourth-order valence-corrected chi connectivity index (χ4v) is 1.65. The first kappa shape index (κ1) is 16.8. The Labute approximate surface area is 125 Å². The first-order valence-electron chi connectivity index (χ1n) is 7.20. The van der Waals surface area contributed by atoms with Gasteiger partial charge in [0.1, 0.15) is 5.75 Å². The predicted octanol–water partition coefficient (Wildman–Crippen LogP) is 2.12. The molecule has 0 aliphatic carbocycles. The molecule has 6 nitrogen and oxygen atoms in total. The number of carbonyl (C=O) groups excluding carboxylic acids is 2. The van der Waals surface area contributed by atoms with Crippen molar-refractivity contribution in [2.45, 2.75) is 26.7 Å². The lowest BCUT2D eigenvalue weighted by Crippen LogP contribution is -2.39. The van der Waals surface area contributed by atoms with E-state index in [1.807, 2.05) is 19.9 Å². The summed E-state index contributed by atoms with van der Waals surface area (Å²) in [5.41, 5.74) is 0.572. The van der Waals surface area contributed by atoms with E-state index < -0.39 is 6.03 Å². The van der Waals surface area contributed by atoms with E-state index in [4.69, 9.17) is 4.74 Å². The lowest BCUT2D eigenvalue weighted by molar-refractivity contribution is -0.120. The van der Waals surface area contributed by atoms with E-state index in [9.17, 15) is 9.59 Å². The van der Waals surface area contributed by atoms with Crippen LogP contribution in [0.15, 0.2) is 24.3 Å². The topological polar surface area (TPSA) is 79.5 Å². The minimum atomic E-state index is -0.437. The van der Waals surface area contributed by atoms with Gasteiger partial charge in [0.05, 0.1) is 18.8 Å². The molecule has 3 amide bonds. The number of hydrogen-bond acceptors (Lipinski definition) is 3. The number of para-hydroxylation sites is 2. The van der Waals surface area contributed by atoms with Gasteiger partial charge in [0.2, 0.25) is 5.91 Å². The highest BCUT2D eigenvalue weighted by Crippen LogP contribution is 2.23. The number of urea groups is 1. The number of anilines is 1. The molecule has 0 aromatic heterocycles. The van der Waals surface area contributed by atoms with E-state index >= 15 is 0 Å². The second kappa shape index (κ2) is 9.63. The van der Waals surface area contributed by atoms with Crippen LogP contribution < -0.4 is 20.7 Å². The largest absolute Gasteiger partial charge is 0.492 e. The molecule has 0 radical (unpaired) electrons. The van der Waals surface area contributed by atoms with Gasteiger partial charge in [-0.3, -0.25) is 4.79 Å². The van der Waals surface area contributed by atoms with Crippen molar-refractivity contribution in [2.24, 2.45) is 0 Å². The van der Waals surface area contributed by atoms with Crippen molar-refractivity contribution in [2.75, 3.05) is 25.0 Å². The maximum Gasteiger partial charge on any atom is 0.319 e. The number of carbonyl (C=O) groups is 2. The molecule has 1 aromatic carbocycles. The molecule has 0 saturated heterocycles. The Morgan fingerprint density at radius 3 is 2.62 bits per heavy atom. The number of rotatable bonds is 8. The van der Waals surface area contributed by atoms with Gasteiger partial charge in [-0.25, -0.2) is 4.79 Å². The van der Waals surface area contributed by atoms with Gasteiger partial charge in [-0.1, -0.05) is 25.5 Å². The molecular formula is C15H23N3O3. The normalized spacial score (nSPS) is 9.81. The van der Waals surface area contributed by atoms with Crippen LogP contribution in [0.3, 0.4) is 0 Å². The fourth-order valence-electron chi connectivity index (χ4n) is 1.65. The van der Waals surface area contributed by atoms with Crippen molar-refractivity contribution in [3.63, 3.8) is 0 Å². The first-order valence-corrected chi connectivity index (χ1v) is 7.20. The minimum Gasteiger partial charge on any atom is -0.492 e. The summed E-state index contributed by atoms with van der Waals surface area (Å²) in [5.74, 6) is 0.402. The van der Waals surface area contributed by atoms with Gasteiger partial charge in [-0.2, -0.15) is 0 Å². The molecule has 0 fully saturated rings. The Kier molecular flexibility index (Phi) is 7.71. The van der Waals surface area contributed by atoms with Gasteiger partial charge >= 0.3 is 6.03 Å². The molecule has 0 spiro atoms. The molecule has 1 rings (SSSR count). The highest BCUT2D eigenvalue weighted by atomic mass is 16.5. The lowest BCUT2D eigenvalue weighted by Gasteiger charge is -2.12. The molecule has 0 unspecified atom stereocenters. The third-order valence-electron chi connectivity index (χ3n) is 2.70. The van der Waals surface area contributed by atoms with Crippen LogP contribution in [0.1, 0.15) is 26.7 Å². The summed E-state index contributed by atoms with van der Waals surface area (Å²) in [4.78, 5) is 23.2. The summed E-state index contributed by atoms with van der Waals surface area (Å²) in [6.45, 7) is 5.02. The summed E-state index contributed by atoms with van der Waals surface area (Å²) in [5, 5.41) is 7.90. The molecule has 3 N–H and O–H groups in total. The first-order chi connectivity index (χ1) is 10.2. The van der Waals surface area contributed by atoms with Crippen LogP contribution in [0.4, 0.5) is 10.5 Å². The average molecular weight is 293 g/mol. The maximum absolute atomic E-state index is 11.7. The second-order valence-corrected chi connectivity index (χ2v) is 4.44. The smallest absolute Gasteiger partial charge is 0.319 e. The van der Waals surface area contributed by atoms with Crippen LogP contribution in [0.5, 0.6) is 5.75 Å². The molecule has 21 heavy (non-hydrogen) atoms. The van der Waals surface area contributed by atoms with Crippen molar-refractivity contribution >= 4 is 17.6 Å². The van der Waals surface area contributed by atoms with Gasteiger partial charge in [-0.15, -0.1) is 0 Å². The Hall–Kier alpha value is -2.24. The highest BCUT2D eigenvalue weighted by Gasteiger charge is 2.08. The van der Waals surface area contributed by atoms with E-state index in [0.717, 1.165) is 12.8 Å². The molecule has 0 heterocycles. The van der Waals surface area contributed by atoms with E-state index in [1.54, 1.807) is 18.2 Å².